The van der Waals surface area contributed by atoms with E-state index in [1.54, 1.807) is 0 Å². The van der Waals surface area contributed by atoms with Gasteiger partial charge in [-0.25, -0.2) is 0 Å². The molecule has 2 fully saturated rings. The Morgan fingerprint density at radius 1 is 1.29 bits per heavy atom. The molecule has 3 heteroatoms. The van der Waals surface area contributed by atoms with Crippen LogP contribution in [0.3, 0.4) is 0 Å². The first-order valence-corrected chi connectivity index (χ1v) is 5.65. The first kappa shape index (κ1) is 8.48. The summed E-state index contributed by atoms with van der Waals surface area (Å²) >= 11 is 0. The molecule has 1 aliphatic heterocycles. The standard InChI is InChI=1S/C11H17N3/c1-2-10(9-6-13-14-7-9)11-5-8(1)3-4-12-11/h6-8,10-12H,1-5H2,(H,13,14). The van der Waals surface area contributed by atoms with Crippen LogP contribution in [0.15, 0.2) is 12.4 Å². The highest BCUT2D eigenvalue weighted by Crippen LogP contribution is 2.38. The van der Waals surface area contributed by atoms with Crippen molar-refractivity contribution in [3.8, 4) is 0 Å². The smallest absolute Gasteiger partial charge is 0.0522 e. The van der Waals surface area contributed by atoms with Gasteiger partial charge in [-0.15, -0.1) is 0 Å². The molecule has 3 nitrogen and oxygen atoms in total. The van der Waals surface area contributed by atoms with Gasteiger partial charge in [-0.3, -0.25) is 5.10 Å². The van der Waals surface area contributed by atoms with E-state index >= 15 is 0 Å². The molecule has 1 aromatic rings. The molecule has 1 saturated heterocycles. The van der Waals surface area contributed by atoms with Crippen molar-refractivity contribution >= 4 is 0 Å². The molecular weight excluding hydrogens is 174 g/mol. The number of nitrogens with one attached hydrogen (secondary N) is 2. The topological polar surface area (TPSA) is 40.7 Å². The second-order valence-electron chi connectivity index (χ2n) is 4.67. The number of H-pyrrole nitrogens is 1. The van der Waals surface area contributed by atoms with Gasteiger partial charge in [-0.2, -0.15) is 5.10 Å². The molecule has 14 heavy (non-hydrogen) atoms. The molecule has 76 valence electrons. The van der Waals surface area contributed by atoms with E-state index in [1.807, 2.05) is 6.20 Å². The second kappa shape index (κ2) is 3.39. The zero-order valence-electron chi connectivity index (χ0n) is 8.37. The lowest BCUT2D eigenvalue weighted by atomic mass is 9.73. The van der Waals surface area contributed by atoms with Crippen LogP contribution in [0.5, 0.6) is 0 Å². The number of aromatic amines is 1. The van der Waals surface area contributed by atoms with Crippen LogP contribution in [-0.4, -0.2) is 22.8 Å². The molecule has 3 atom stereocenters. The molecule has 3 unspecified atom stereocenters. The van der Waals surface area contributed by atoms with Crippen LogP contribution in [0, 0.1) is 5.92 Å². The summed E-state index contributed by atoms with van der Waals surface area (Å²) < 4.78 is 0. The van der Waals surface area contributed by atoms with E-state index in [9.17, 15) is 0 Å². The van der Waals surface area contributed by atoms with E-state index in [0.717, 1.165) is 5.92 Å². The highest BCUT2D eigenvalue weighted by molar-refractivity contribution is 5.15. The monoisotopic (exact) mass is 191 g/mol. The summed E-state index contributed by atoms with van der Waals surface area (Å²) in [5.74, 6) is 1.69. The van der Waals surface area contributed by atoms with E-state index in [4.69, 9.17) is 0 Å². The predicted octanol–water partition coefficient (Wildman–Crippen LogP) is 1.66. The second-order valence-corrected chi connectivity index (χ2v) is 4.67. The Hall–Kier alpha value is -0.830. The first-order chi connectivity index (χ1) is 6.93. The van der Waals surface area contributed by atoms with E-state index < -0.39 is 0 Å². The molecule has 0 spiro atoms. The fraction of sp³-hybridized carbons (Fsp3) is 0.727. The largest absolute Gasteiger partial charge is 0.313 e. The van der Waals surface area contributed by atoms with Crippen LogP contribution in [0.1, 0.15) is 37.2 Å². The summed E-state index contributed by atoms with van der Waals surface area (Å²) in [7, 11) is 0. The summed E-state index contributed by atoms with van der Waals surface area (Å²) in [5.41, 5.74) is 1.39. The van der Waals surface area contributed by atoms with E-state index in [-0.39, 0.29) is 0 Å². The van der Waals surface area contributed by atoms with Crippen molar-refractivity contribution in [3.63, 3.8) is 0 Å². The Morgan fingerprint density at radius 2 is 2.29 bits per heavy atom. The van der Waals surface area contributed by atoms with Crippen molar-refractivity contribution in [2.45, 2.75) is 37.6 Å². The Bertz CT molecular complexity index is 293. The molecule has 3 rings (SSSR count). The number of hydrogen-bond donors (Lipinski definition) is 2. The van der Waals surface area contributed by atoms with Gasteiger partial charge < -0.3 is 5.32 Å². The lowest BCUT2D eigenvalue weighted by Crippen LogP contribution is -2.45. The van der Waals surface area contributed by atoms with Gasteiger partial charge in [0.2, 0.25) is 0 Å². The average molecular weight is 191 g/mol. The van der Waals surface area contributed by atoms with Gasteiger partial charge in [0, 0.05) is 18.2 Å². The SMILES string of the molecule is c1n[nH]cc1C1CCC2CCNC1C2. The summed E-state index contributed by atoms with van der Waals surface area (Å²) in [5, 5.41) is 10.6. The Kier molecular flexibility index (Phi) is 2.05. The highest BCUT2D eigenvalue weighted by atomic mass is 15.1. The number of hydrogen-bond acceptors (Lipinski definition) is 2. The predicted molar refractivity (Wildman–Crippen MR) is 55.1 cm³/mol. The molecule has 2 heterocycles. The lowest BCUT2D eigenvalue weighted by Gasteiger charge is -2.40. The molecule has 2 bridgehead atoms. The summed E-state index contributed by atoms with van der Waals surface area (Å²) in [6.07, 6.45) is 9.54. The molecular formula is C11H17N3. The van der Waals surface area contributed by atoms with Crippen LogP contribution < -0.4 is 5.32 Å². The minimum absolute atomic E-state index is 0.699. The van der Waals surface area contributed by atoms with Crippen LogP contribution in [-0.2, 0) is 0 Å². The fourth-order valence-corrected chi connectivity index (χ4v) is 3.08. The molecule has 1 aliphatic carbocycles. The highest BCUT2D eigenvalue weighted by Gasteiger charge is 2.34. The maximum Gasteiger partial charge on any atom is 0.0522 e. The minimum atomic E-state index is 0.699. The van der Waals surface area contributed by atoms with Crippen LogP contribution in [0.2, 0.25) is 0 Å². The van der Waals surface area contributed by atoms with Crippen molar-refractivity contribution in [1.29, 1.82) is 0 Å². The first-order valence-electron chi connectivity index (χ1n) is 5.65. The van der Waals surface area contributed by atoms with E-state index in [0.29, 0.717) is 12.0 Å². The van der Waals surface area contributed by atoms with Crippen molar-refractivity contribution in [1.82, 2.24) is 15.5 Å². The molecule has 2 aliphatic rings. The van der Waals surface area contributed by atoms with Gasteiger partial charge in [0.15, 0.2) is 0 Å². The van der Waals surface area contributed by atoms with Gasteiger partial charge >= 0.3 is 0 Å². The number of rotatable bonds is 1. The van der Waals surface area contributed by atoms with Gasteiger partial charge in [-0.05, 0) is 43.7 Å². The number of aromatic nitrogens is 2. The van der Waals surface area contributed by atoms with Crippen LogP contribution >= 0.6 is 0 Å². The quantitative estimate of drug-likeness (QED) is 0.708. The molecule has 1 saturated carbocycles. The number of nitrogens with zero attached hydrogens (tertiary/aromatic N) is 1. The van der Waals surface area contributed by atoms with Crippen LogP contribution in [0.25, 0.3) is 0 Å². The lowest BCUT2D eigenvalue weighted by molar-refractivity contribution is 0.199. The third-order valence-corrected chi connectivity index (χ3v) is 3.87. The molecule has 1 aromatic heterocycles. The van der Waals surface area contributed by atoms with Crippen LogP contribution in [0.4, 0.5) is 0 Å². The van der Waals surface area contributed by atoms with E-state index in [2.05, 4.69) is 21.7 Å². The molecule has 0 aromatic carbocycles. The Balaban J connectivity index is 1.80. The Morgan fingerprint density at radius 3 is 3.14 bits per heavy atom. The Labute approximate surface area is 84.3 Å². The zero-order valence-corrected chi connectivity index (χ0v) is 8.37. The minimum Gasteiger partial charge on any atom is -0.313 e. The molecule has 0 amide bonds. The third-order valence-electron chi connectivity index (χ3n) is 3.87. The zero-order chi connectivity index (χ0) is 9.38. The summed E-state index contributed by atoms with van der Waals surface area (Å²) in [4.78, 5) is 0. The van der Waals surface area contributed by atoms with Crippen molar-refractivity contribution < 1.29 is 0 Å². The fourth-order valence-electron chi connectivity index (χ4n) is 3.08. The molecule has 0 radical (unpaired) electrons. The van der Waals surface area contributed by atoms with Crippen molar-refractivity contribution in [3.05, 3.63) is 18.0 Å². The average Bonchev–Trinajstić information content (AvgIpc) is 2.71. The number of piperidine rings is 1. The van der Waals surface area contributed by atoms with Gasteiger partial charge in [0.05, 0.1) is 6.20 Å². The van der Waals surface area contributed by atoms with Crippen molar-refractivity contribution in [2.75, 3.05) is 6.54 Å². The maximum atomic E-state index is 4.05. The van der Waals surface area contributed by atoms with E-state index in [1.165, 1.54) is 37.8 Å². The normalized spacial score (nSPS) is 37.0. The van der Waals surface area contributed by atoms with Crippen molar-refractivity contribution in [2.24, 2.45) is 5.92 Å². The summed E-state index contributed by atoms with van der Waals surface area (Å²) in [6.45, 7) is 1.21. The molecule has 2 N–H and O–H groups in total. The number of fused-ring (bicyclic) bond motifs is 2. The van der Waals surface area contributed by atoms with Gasteiger partial charge in [-0.1, -0.05) is 0 Å². The maximum absolute atomic E-state index is 4.05. The third kappa shape index (κ3) is 1.36. The van der Waals surface area contributed by atoms with Gasteiger partial charge in [0.25, 0.3) is 0 Å². The summed E-state index contributed by atoms with van der Waals surface area (Å²) in [6, 6.07) is 0.708. The van der Waals surface area contributed by atoms with Gasteiger partial charge in [0.1, 0.15) is 0 Å².